The van der Waals surface area contributed by atoms with Gasteiger partial charge in [-0.05, 0) is 67.4 Å². The largest absolute Gasteiger partial charge is 0.293 e. The number of hydrogen-bond donors (Lipinski definition) is 0. The van der Waals surface area contributed by atoms with Gasteiger partial charge in [-0.15, -0.1) is 11.3 Å². The van der Waals surface area contributed by atoms with Crippen molar-refractivity contribution in [2.24, 2.45) is 0 Å². The number of ketones is 1. The van der Waals surface area contributed by atoms with Gasteiger partial charge in [-0.2, -0.15) is 0 Å². The molecule has 0 atom stereocenters. The van der Waals surface area contributed by atoms with Crippen LogP contribution in [0.2, 0.25) is 10.0 Å². The third-order valence-corrected chi connectivity index (χ3v) is 7.78. The minimum Gasteiger partial charge on any atom is -0.293 e. The topological polar surface area (TPSA) is 52.0 Å². The highest BCUT2D eigenvalue weighted by atomic mass is 35.5. The van der Waals surface area contributed by atoms with Gasteiger partial charge in [0.05, 0.1) is 16.8 Å². The molecule has 0 aliphatic rings. The number of carbonyl (C=O) groups is 1. The van der Waals surface area contributed by atoms with Crippen molar-refractivity contribution in [3.05, 3.63) is 84.9 Å². The molecule has 0 fully saturated rings. The van der Waals surface area contributed by atoms with Crippen LogP contribution in [-0.2, 0) is 6.42 Å². The number of carbonyl (C=O) groups excluding carboxylic acids is 1. The summed E-state index contributed by atoms with van der Waals surface area (Å²) in [4.78, 5) is 33.0. The Hall–Kier alpha value is -2.12. The van der Waals surface area contributed by atoms with E-state index in [0.29, 0.717) is 36.7 Å². The van der Waals surface area contributed by atoms with Gasteiger partial charge in [0.15, 0.2) is 10.9 Å². The molecule has 0 amide bonds. The molecular weight excluding hydrogens is 483 g/mol. The van der Waals surface area contributed by atoms with E-state index in [0.717, 1.165) is 18.4 Å². The van der Waals surface area contributed by atoms with Crippen molar-refractivity contribution in [3.8, 4) is 5.69 Å². The average molecular weight is 503 g/mol. The van der Waals surface area contributed by atoms with Crippen LogP contribution in [0.15, 0.2) is 58.5 Å². The minimum absolute atomic E-state index is 0.0577. The first-order valence-electron chi connectivity index (χ1n) is 10.1. The predicted octanol–water partition coefficient (Wildman–Crippen LogP) is 6.99. The number of hydrogen-bond acceptors (Lipinski definition) is 5. The number of thioether (sulfide) groups is 1. The van der Waals surface area contributed by atoms with Crippen LogP contribution in [-0.4, -0.2) is 21.1 Å². The lowest BCUT2D eigenvalue weighted by atomic mass is 10.1. The van der Waals surface area contributed by atoms with Crippen LogP contribution in [0.4, 0.5) is 0 Å². The molecule has 0 saturated carbocycles. The number of Topliss-reactive ketones (excluding diaryl/α,β-unsaturated/α-hetero) is 1. The van der Waals surface area contributed by atoms with Gasteiger partial charge in [-0.1, -0.05) is 48.3 Å². The van der Waals surface area contributed by atoms with E-state index in [-0.39, 0.29) is 17.1 Å². The van der Waals surface area contributed by atoms with Crippen LogP contribution in [0.3, 0.4) is 0 Å². The second kappa shape index (κ2) is 9.79. The molecule has 0 aliphatic heterocycles. The maximum absolute atomic E-state index is 13.6. The van der Waals surface area contributed by atoms with E-state index < -0.39 is 0 Å². The van der Waals surface area contributed by atoms with Gasteiger partial charge in [0.25, 0.3) is 5.56 Å². The number of fused-ring (bicyclic) bond motifs is 1. The fourth-order valence-corrected chi connectivity index (χ4v) is 5.92. The normalized spacial score (nSPS) is 11.2. The van der Waals surface area contributed by atoms with Crippen molar-refractivity contribution < 1.29 is 4.79 Å². The maximum atomic E-state index is 13.6. The molecule has 2 aromatic carbocycles. The molecule has 4 aromatic rings. The Morgan fingerprint density at radius 3 is 2.31 bits per heavy atom. The van der Waals surface area contributed by atoms with E-state index >= 15 is 0 Å². The number of nitrogens with zero attached hydrogens (tertiary/aromatic N) is 2. The quantitative estimate of drug-likeness (QED) is 0.155. The van der Waals surface area contributed by atoms with Crippen LogP contribution in [0.1, 0.15) is 34.1 Å². The van der Waals surface area contributed by atoms with Crippen LogP contribution < -0.4 is 5.56 Å². The standard InChI is InChI=1S/C24H20Cl2N2O2S2/c1-3-4-20-14(2)21-22(32-20)27-24(28(23(21)30)18-11-9-17(26)10-12-18)31-13-19(29)15-5-7-16(25)8-6-15/h5-12H,3-4,13H2,1-2H3. The summed E-state index contributed by atoms with van der Waals surface area (Å²) in [5.74, 6) is 0.0944. The second-order valence-electron chi connectivity index (χ2n) is 7.31. The van der Waals surface area contributed by atoms with Gasteiger partial charge in [0.2, 0.25) is 0 Å². The zero-order chi connectivity index (χ0) is 22.8. The first-order chi connectivity index (χ1) is 15.4. The summed E-state index contributed by atoms with van der Waals surface area (Å²) in [5.41, 5.74) is 2.09. The Labute approximate surface area is 204 Å². The summed E-state index contributed by atoms with van der Waals surface area (Å²) < 4.78 is 1.58. The van der Waals surface area contributed by atoms with Crippen molar-refractivity contribution in [1.29, 1.82) is 0 Å². The van der Waals surface area contributed by atoms with Gasteiger partial charge < -0.3 is 0 Å². The van der Waals surface area contributed by atoms with Crippen LogP contribution in [0, 0.1) is 6.92 Å². The summed E-state index contributed by atoms with van der Waals surface area (Å²) in [6.45, 7) is 4.10. The Kier molecular flexibility index (Phi) is 7.05. The average Bonchev–Trinajstić information content (AvgIpc) is 3.09. The van der Waals surface area contributed by atoms with E-state index in [1.807, 2.05) is 6.92 Å². The summed E-state index contributed by atoms with van der Waals surface area (Å²) >= 11 is 14.8. The summed E-state index contributed by atoms with van der Waals surface area (Å²) in [7, 11) is 0. The lowest BCUT2D eigenvalue weighted by Crippen LogP contribution is -2.22. The van der Waals surface area contributed by atoms with Gasteiger partial charge in [0, 0.05) is 20.5 Å². The van der Waals surface area contributed by atoms with Crippen LogP contribution in [0.25, 0.3) is 15.9 Å². The molecule has 0 radical (unpaired) electrons. The van der Waals surface area contributed by atoms with Crippen molar-refractivity contribution in [1.82, 2.24) is 9.55 Å². The number of halogens is 2. The number of aryl methyl sites for hydroxylation is 2. The SMILES string of the molecule is CCCc1sc2nc(SCC(=O)c3ccc(Cl)cc3)n(-c3ccc(Cl)cc3)c(=O)c2c1C. The Balaban J connectivity index is 1.79. The summed E-state index contributed by atoms with van der Waals surface area (Å²) in [6, 6.07) is 13.8. The number of aromatic nitrogens is 2. The van der Waals surface area contributed by atoms with Crippen LogP contribution >= 0.6 is 46.3 Å². The number of thiophene rings is 1. The van der Waals surface area contributed by atoms with Gasteiger partial charge in [0.1, 0.15) is 4.83 Å². The van der Waals surface area contributed by atoms with Crippen LogP contribution in [0.5, 0.6) is 0 Å². The Bertz CT molecular complexity index is 1340. The zero-order valence-electron chi connectivity index (χ0n) is 17.5. The molecule has 0 aliphatic carbocycles. The monoisotopic (exact) mass is 502 g/mol. The first-order valence-corrected chi connectivity index (χ1v) is 12.7. The lowest BCUT2D eigenvalue weighted by Gasteiger charge is -2.12. The van der Waals surface area contributed by atoms with Gasteiger partial charge in [-0.25, -0.2) is 4.98 Å². The number of benzene rings is 2. The molecule has 164 valence electrons. The molecule has 32 heavy (non-hydrogen) atoms. The Morgan fingerprint density at radius 2 is 1.69 bits per heavy atom. The van der Waals surface area contributed by atoms with Crippen molar-refractivity contribution in [3.63, 3.8) is 0 Å². The molecule has 8 heteroatoms. The molecule has 4 rings (SSSR count). The molecule has 0 N–H and O–H groups in total. The Morgan fingerprint density at radius 1 is 1.06 bits per heavy atom. The minimum atomic E-state index is -0.130. The molecule has 0 unspecified atom stereocenters. The molecule has 2 aromatic heterocycles. The zero-order valence-corrected chi connectivity index (χ0v) is 20.7. The fraction of sp³-hybridized carbons (Fsp3) is 0.208. The third kappa shape index (κ3) is 4.64. The maximum Gasteiger partial charge on any atom is 0.267 e. The van der Waals surface area contributed by atoms with E-state index in [2.05, 4.69) is 6.92 Å². The molecular formula is C24H20Cl2N2O2S2. The van der Waals surface area contributed by atoms with Crippen molar-refractivity contribution >= 4 is 62.3 Å². The lowest BCUT2D eigenvalue weighted by molar-refractivity contribution is 0.102. The van der Waals surface area contributed by atoms with E-state index in [1.54, 1.807) is 64.4 Å². The second-order valence-corrected chi connectivity index (χ2v) is 10.2. The first kappa shape index (κ1) is 23.1. The molecule has 4 nitrogen and oxygen atoms in total. The van der Waals surface area contributed by atoms with Gasteiger partial charge >= 0.3 is 0 Å². The highest BCUT2D eigenvalue weighted by Gasteiger charge is 2.20. The van der Waals surface area contributed by atoms with E-state index in [9.17, 15) is 9.59 Å². The predicted molar refractivity (Wildman–Crippen MR) is 135 cm³/mol. The molecule has 0 saturated heterocycles. The summed E-state index contributed by atoms with van der Waals surface area (Å²) in [5, 5.41) is 2.28. The molecule has 0 bridgehead atoms. The van der Waals surface area contributed by atoms with Crippen molar-refractivity contribution in [2.45, 2.75) is 31.8 Å². The highest BCUT2D eigenvalue weighted by molar-refractivity contribution is 7.99. The molecule has 0 spiro atoms. The molecule has 2 heterocycles. The van der Waals surface area contributed by atoms with E-state index in [1.165, 1.54) is 16.6 Å². The van der Waals surface area contributed by atoms with Crippen molar-refractivity contribution in [2.75, 3.05) is 5.75 Å². The number of rotatable bonds is 7. The van der Waals surface area contributed by atoms with E-state index in [4.69, 9.17) is 28.2 Å². The smallest absolute Gasteiger partial charge is 0.267 e. The third-order valence-electron chi connectivity index (χ3n) is 5.09. The van der Waals surface area contributed by atoms with Gasteiger partial charge in [-0.3, -0.25) is 14.2 Å². The highest BCUT2D eigenvalue weighted by Crippen LogP contribution is 2.31. The fourth-order valence-electron chi connectivity index (χ4n) is 3.44. The summed E-state index contributed by atoms with van der Waals surface area (Å²) in [6.07, 6.45) is 1.90.